The van der Waals surface area contributed by atoms with E-state index in [0.717, 1.165) is 26.2 Å². The largest absolute Gasteiger partial charge is 0.453 e. The number of H-pyrrole nitrogens is 1. The lowest BCUT2D eigenvalue weighted by atomic mass is 9.91. The predicted molar refractivity (Wildman–Crippen MR) is 130 cm³/mol. The van der Waals surface area contributed by atoms with Crippen LogP contribution in [-0.2, 0) is 11.2 Å². The molecule has 2 unspecified atom stereocenters. The number of hydrogen-bond donors (Lipinski definition) is 5. The van der Waals surface area contributed by atoms with E-state index in [1.165, 1.54) is 18.3 Å². The van der Waals surface area contributed by atoms with E-state index in [9.17, 15) is 31.1 Å². The van der Waals surface area contributed by atoms with E-state index in [-0.39, 0.29) is 39.3 Å². The summed E-state index contributed by atoms with van der Waals surface area (Å²) in [6.45, 7) is 4.72. The van der Waals surface area contributed by atoms with E-state index in [1.54, 1.807) is 0 Å². The number of amides is 1. The molecule has 38 heavy (non-hydrogen) atoms. The molecular formula is C24H28F6N6O2. The maximum atomic E-state index is 14.0. The van der Waals surface area contributed by atoms with Crippen molar-refractivity contribution in [2.75, 3.05) is 19.0 Å². The van der Waals surface area contributed by atoms with Crippen molar-refractivity contribution in [1.82, 2.24) is 20.9 Å². The molecule has 0 saturated carbocycles. The van der Waals surface area contributed by atoms with Gasteiger partial charge in [-0.25, -0.2) is 9.79 Å². The molecule has 8 nitrogen and oxygen atoms in total. The summed E-state index contributed by atoms with van der Waals surface area (Å²) < 4.78 is 86.6. The van der Waals surface area contributed by atoms with E-state index in [1.807, 2.05) is 0 Å². The van der Waals surface area contributed by atoms with Crippen LogP contribution in [-0.4, -0.2) is 60.7 Å². The number of nitrogens with one attached hydrogen (secondary N) is 5. The number of ether oxygens (including phenoxy) is 1. The van der Waals surface area contributed by atoms with Crippen LogP contribution in [0.3, 0.4) is 0 Å². The number of piperidine rings is 1. The normalized spacial score (nSPS) is 21.9. The third-order valence-electron chi connectivity index (χ3n) is 6.56. The van der Waals surface area contributed by atoms with Crippen LogP contribution in [0, 0.1) is 0 Å². The molecule has 1 aromatic carbocycles. The second-order valence-corrected chi connectivity index (χ2v) is 9.89. The summed E-state index contributed by atoms with van der Waals surface area (Å²) in [7, 11) is 1.05. The van der Waals surface area contributed by atoms with Crippen LogP contribution in [0.4, 0.5) is 36.8 Å². The summed E-state index contributed by atoms with van der Waals surface area (Å²) in [4.78, 5) is 18.6. The van der Waals surface area contributed by atoms with E-state index >= 15 is 0 Å². The lowest BCUT2D eigenvalue weighted by molar-refractivity contribution is -0.126. The van der Waals surface area contributed by atoms with Crippen LogP contribution in [0.5, 0.6) is 0 Å². The number of methoxy groups -OCH3 is 1. The molecule has 2 atom stereocenters. The van der Waals surface area contributed by atoms with Gasteiger partial charge in [0, 0.05) is 52.7 Å². The Hall–Kier alpha value is -3.26. The quantitative estimate of drug-likeness (QED) is 0.350. The van der Waals surface area contributed by atoms with Crippen LogP contribution >= 0.6 is 0 Å². The second kappa shape index (κ2) is 10.1. The molecule has 1 saturated heterocycles. The summed E-state index contributed by atoms with van der Waals surface area (Å²) in [5.74, 6) is 0. The number of anilines is 1. The van der Waals surface area contributed by atoms with E-state index in [0.29, 0.717) is 6.54 Å². The first-order valence-electron chi connectivity index (χ1n) is 11.8. The maximum absolute atomic E-state index is 14.0. The van der Waals surface area contributed by atoms with Gasteiger partial charge in [-0.3, -0.25) is 10.6 Å². The molecule has 0 aliphatic carbocycles. The zero-order chi connectivity index (χ0) is 27.9. The number of carbonyl (C=O) groups excluding carboxylic acids is 1. The molecule has 0 spiro atoms. The van der Waals surface area contributed by atoms with Gasteiger partial charge in [-0.15, -0.1) is 0 Å². The fourth-order valence-electron chi connectivity index (χ4n) is 4.59. The molecule has 0 radical (unpaired) electrons. The molecule has 2 aromatic rings. The van der Waals surface area contributed by atoms with Crippen molar-refractivity contribution in [2.45, 2.75) is 63.3 Å². The number of aliphatic imine (C=N–C) groups is 1. The van der Waals surface area contributed by atoms with E-state index in [2.05, 4.69) is 49.8 Å². The Morgan fingerprint density at radius 1 is 1.21 bits per heavy atom. The molecule has 4 rings (SSSR count). The number of rotatable bonds is 5. The van der Waals surface area contributed by atoms with Crippen LogP contribution in [0.1, 0.15) is 37.8 Å². The number of aromatic amines is 1. The molecule has 3 heterocycles. The van der Waals surface area contributed by atoms with Crippen LogP contribution < -0.4 is 21.3 Å². The lowest BCUT2D eigenvalue weighted by Gasteiger charge is -2.37. The first-order valence-corrected chi connectivity index (χ1v) is 11.8. The Bertz CT molecular complexity index is 1250. The molecule has 5 N–H and O–H groups in total. The van der Waals surface area contributed by atoms with Crippen LogP contribution in [0.25, 0.3) is 10.9 Å². The van der Waals surface area contributed by atoms with Crippen LogP contribution in [0.15, 0.2) is 35.1 Å². The molecule has 2 aliphatic heterocycles. The van der Waals surface area contributed by atoms with Gasteiger partial charge in [0.1, 0.15) is 0 Å². The van der Waals surface area contributed by atoms with Gasteiger partial charge in [-0.2, -0.15) is 26.3 Å². The van der Waals surface area contributed by atoms with Gasteiger partial charge in [-0.05, 0) is 32.8 Å². The Labute approximate surface area is 214 Å². The average Bonchev–Trinajstić information content (AvgIpc) is 3.25. The topological polar surface area (TPSA) is 103 Å². The van der Waals surface area contributed by atoms with Gasteiger partial charge in [-0.1, -0.05) is 6.07 Å². The fraction of sp³-hybridized carbons (Fsp3) is 0.500. The van der Waals surface area contributed by atoms with Gasteiger partial charge < -0.3 is 20.4 Å². The number of hydrogen-bond acceptors (Lipinski definition) is 6. The Kier molecular flexibility index (Phi) is 7.40. The van der Waals surface area contributed by atoms with Crippen LogP contribution in [0.2, 0.25) is 0 Å². The van der Waals surface area contributed by atoms with E-state index < -0.39 is 42.4 Å². The minimum absolute atomic E-state index is 0.0205. The molecule has 1 aromatic heterocycles. The zero-order valence-electron chi connectivity index (χ0n) is 20.8. The molecule has 1 fully saturated rings. The summed E-state index contributed by atoms with van der Waals surface area (Å²) in [5.41, 5.74) is -2.14. The Balaban J connectivity index is 1.74. The van der Waals surface area contributed by atoms with Crippen molar-refractivity contribution in [1.29, 1.82) is 0 Å². The van der Waals surface area contributed by atoms with Gasteiger partial charge in [0.05, 0.1) is 30.3 Å². The maximum Gasteiger partial charge on any atom is 0.419 e. The summed E-state index contributed by atoms with van der Waals surface area (Å²) in [6, 6.07) is 2.47. The smallest absolute Gasteiger partial charge is 0.419 e. The third kappa shape index (κ3) is 6.23. The molecule has 208 valence electrons. The molecule has 2 aliphatic rings. The number of benzene rings is 1. The number of halogens is 6. The number of allylic oxidation sites excluding steroid dienone is 1. The lowest BCUT2D eigenvalue weighted by Crippen LogP contribution is -2.57. The van der Waals surface area contributed by atoms with Crippen molar-refractivity contribution in [2.24, 2.45) is 4.99 Å². The third-order valence-corrected chi connectivity index (χ3v) is 6.56. The van der Waals surface area contributed by atoms with Crippen molar-refractivity contribution in [3.8, 4) is 0 Å². The highest BCUT2D eigenvalue weighted by Gasteiger charge is 2.41. The second-order valence-electron chi connectivity index (χ2n) is 9.89. The molecule has 14 heteroatoms. The van der Waals surface area contributed by atoms with Crippen molar-refractivity contribution in [3.05, 3.63) is 41.2 Å². The average molecular weight is 547 g/mol. The van der Waals surface area contributed by atoms with Crippen molar-refractivity contribution in [3.63, 3.8) is 0 Å². The first-order chi connectivity index (χ1) is 17.7. The monoisotopic (exact) mass is 546 g/mol. The molecule has 1 amide bonds. The minimum Gasteiger partial charge on any atom is -0.453 e. The standard InChI is InChI=1S/C24H28F6N6O2/c1-22(2)7-6-12(9-33-22)34-20-32-11-16(24(28,29)30)19(36-20)15-10-31-18-13(15)4-5-17(35-21(37)38-3)14(18)8-23(25,26)27/h4-5,10-12,20,31-34H,6-9H2,1-3H3,(H,35,37). The highest BCUT2D eigenvalue weighted by Crippen LogP contribution is 2.37. The van der Waals surface area contributed by atoms with Crippen molar-refractivity contribution >= 4 is 28.4 Å². The summed E-state index contributed by atoms with van der Waals surface area (Å²) >= 11 is 0. The van der Waals surface area contributed by atoms with Crippen molar-refractivity contribution < 1.29 is 35.9 Å². The SMILES string of the molecule is COC(=O)Nc1ccc2c(C3=NC(NC4CCC(C)(C)NC4)NC=C3C(F)(F)F)c[nH]c2c1CC(F)(F)F. The predicted octanol–water partition coefficient (Wildman–Crippen LogP) is 4.69. The highest BCUT2D eigenvalue weighted by atomic mass is 19.4. The number of nitrogens with zero attached hydrogens (tertiary/aromatic N) is 1. The van der Waals surface area contributed by atoms with Gasteiger partial charge in [0.15, 0.2) is 6.29 Å². The fourth-order valence-corrected chi connectivity index (χ4v) is 4.59. The van der Waals surface area contributed by atoms with Gasteiger partial charge in [0.25, 0.3) is 0 Å². The zero-order valence-corrected chi connectivity index (χ0v) is 20.8. The highest BCUT2D eigenvalue weighted by molar-refractivity contribution is 6.20. The van der Waals surface area contributed by atoms with Gasteiger partial charge >= 0.3 is 18.4 Å². The van der Waals surface area contributed by atoms with E-state index in [4.69, 9.17) is 0 Å². The molecular weight excluding hydrogens is 518 g/mol. The first kappa shape index (κ1) is 27.8. The number of aromatic nitrogens is 1. The molecule has 0 bridgehead atoms. The summed E-state index contributed by atoms with van der Waals surface area (Å²) in [6.07, 6.45) is -9.10. The van der Waals surface area contributed by atoms with Gasteiger partial charge in [0.2, 0.25) is 0 Å². The minimum atomic E-state index is -4.78. The number of fused-ring (bicyclic) bond motifs is 1. The Morgan fingerprint density at radius 2 is 1.95 bits per heavy atom. The summed E-state index contributed by atoms with van der Waals surface area (Å²) in [5, 5.41) is 11.5. The number of carbonyl (C=O) groups is 1. The Morgan fingerprint density at radius 3 is 2.55 bits per heavy atom. The number of alkyl halides is 6.